The zero-order chi connectivity index (χ0) is 14.8. The Balaban J connectivity index is 0. The van der Waals surface area contributed by atoms with Crippen LogP contribution < -0.4 is 5.32 Å². The van der Waals surface area contributed by atoms with Gasteiger partial charge in [0.15, 0.2) is 0 Å². The average Bonchev–Trinajstić information content (AvgIpc) is 2.67. The number of alkyl carbamates (subject to hydrolysis) is 1. The van der Waals surface area contributed by atoms with E-state index < -0.39 is 5.60 Å². The second-order valence-corrected chi connectivity index (χ2v) is 5.26. The van der Waals surface area contributed by atoms with Gasteiger partial charge in [-0.2, -0.15) is 0 Å². The molecular weight excluding hydrogens is 226 g/mol. The highest BCUT2D eigenvalue weighted by Crippen LogP contribution is 2.24. The quantitative estimate of drug-likeness (QED) is 0.738. The van der Waals surface area contributed by atoms with Gasteiger partial charge >= 0.3 is 6.09 Å². The van der Waals surface area contributed by atoms with Crippen LogP contribution in [0.1, 0.15) is 74.7 Å². The van der Waals surface area contributed by atoms with Crippen molar-refractivity contribution in [2.45, 2.75) is 86.3 Å². The van der Waals surface area contributed by atoms with Crippen LogP contribution in [0.5, 0.6) is 0 Å². The lowest BCUT2D eigenvalue weighted by atomic mass is 10.1. The van der Waals surface area contributed by atoms with E-state index in [9.17, 15) is 4.79 Å². The van der Waals surface area contributed by atoms with Crippen LogP contribution in [-0.2, 0) is 4.74 Å². The summed E-state index contributed by atoms with van der Waals surface area (Å²) in [5.41, 5.74) is -0.395. The molecule has 2 atom stereocenters. The highest BCUT2D eigenvalue weighted by atomic mass is 16.6. The monoisotopic (exact) mass is 259 g/mol. The van der Waals surface area contributed by atoms with E-state index >= 15 is 0 Å². The van der Waals surface area contributed by atoms with E-state index in [-0.39, 0.29) is 6.09 Å². The third kappa shape index (κ3) is 10.4. The second-order valence-electron chi connectivity index (χ2n) is 5.26. The molecule has 3 nitrogen and oxygen atoms in total. The molecule has 0 spiro atoms. The third-order valence-electron chi connectivity index (χ3n) is 2.42. The molecule has 0 radical (unpaired) electrons. The first-order valence-electron chi connectivity index (χ1n) is 7.36. The molecule has 0 aliphatic heterocycles. The van der Waals surface area contributed by atoms with Gasteiger partial charge in [-0.3, -0.25) is 0 Å². The van der Waals surface area contributed by atoms with Crippen LogP contribution >= 0.6 is 0 Å². The van der Waals surface area contributed by atoms with Crippen molar-refractivity contribution in [3.63, 3.8) is 0 Å². The van der Waals surface area contributed by atoms with Gasteiger partial charge in [0, 0.05) is 6.04 Å². The number of carbonyl (C=O) groups is 1. The maximum Gasteiger partial charge on any atom is 0.407 e. The summed E-state index contributed by atoms with van der Waals surface area (Å²) in [6.45, 7) is 15.9. The molecule has 0 aromatic rings. The smallest absolute Gasteiger partial charge is 0.407 e. The van der Waals surface area contributed by atoms with Gasteiger partial charge in [0.25, 0.3) is 0 Å². The predicted molar refractivity (Wildman–Crippen MR) is 78.9 cm³/mol. The fourth-order valence-corrected chi connectivity index (χ4v) is 1.81. The summed E-state index contributed by atoms with van der Waals surface area (Å²) in [7, 11) is 0. The molecule has 1 aliphatic carbocycles. The Hall–Kier alpha value is -0.730. The molecule has 110 valence electrons. The molecule has 0 saturated heterocycles. The molecule has 0 aromatic carbocycles. The van der Waals surface area contributed by atoms with E-state index in [1.165, 1.54) is 6.42 Å². The number of amides is 1. The topological polar surface area (TPSA) is 38.3 Å². The van der Waals surface area contributed by atoms with Gasteiger partial charge < -0.3 is 10.1 Å². The summed E-state index contributed by atoms with van der Waals surface area (Å²) in [6.07, 6.45) is 3.09. The number of nitrogens with one attached hydrogen (secondary N) is 1. The maximum atomic E-state index is 11.4. The Kier molecular flexibility index (Phi) is 11.1. The van der Waals surface area contributed by atoms with Crippen LogP contribution in [0, 0.1) is 5.92 Å². The minimum atomic E-state index is -0.395. The van der Waals surface area contributed by atoms with E-state index in [1.54, 1.807) is 0 Å². The molecule has 1 unspecified atom stereocenters. The predicted octanol–water partition coefficient (Wildman–Crippen LogP) is 4.75. The van der Waals surface area contributed by atoms with Crippen LogP contribution in [0.15, 0.2) is 0 Å². The first-order valence-corrected chi connectivity index (χ1v) is 7.36. The number of rotatable bonds is 1. The average molecular weight is 259 g/mol. The van der Waals surface area contributed by atoms with E-state index in [0.717, 1.165) is 18.8 Å². The van der Waals surface area contributed by atoms with Crippen molar-refractivity contribution >= 4 is 6.09 Å². The molecular formula is C15H33NO2. The van der Waals surface area contributed by atoms with Gasteiger partial charge in [0.2, 0.25) is 0 Å². The van der Waals surface area contributed by atoms with Crippen molar-refractivity contribution in [1.82, 2.24) is 5.32 Å². The van der Waals surface area contributed by atoms with Crippen molar-refractivity contribution in [3.8, 4) is 0 Å². The summed E-state index contributed by atoms with van der Waals surface area (Å²) in [6, 6.07) is 0.319. The van der Waals surface area contributed by atoms with Crippen LogP contribution in [0.2, 0.25) is 0 Å². The Morgan fingerprint density at radius 2 is 1.61 bits per heavy atom. The standard InChI is InChI=1S/C11H21NO2.2C2H6/c1-8-5-6-9(7-8)12-10(13)14-11(2,3)4;2*1-2/h8-9H,5-7H2,1-4H3,(H,12,13);2*1-2H3/t8?,9-;;/m1../s1. The Morgan fingerprint density at radius 3 is 1.94 bits per heavy atom. The number of hydrogen-bond acceptors (Lipinski definition) is 2. The molecule has 1 fully saturated rings. The third-order valence-corrected chi connectivity index (χ3v) is 2.42. The molecule has 18 heavy (non-hydrogen) atoms. The van der Waals surface area contributed by atoms with Crippen LogP contribution in [0.25, 0.3) is 0 Å². The minimum absolute atomic E-state index is 0.281. The van der Waals surface area contributed by atoms with Gasteiger partial charge in [-0.15, -0.1) is 0 Å². The van der Waals surface area contributed by atoms with Gasteiger partial charge in [-0.05, 0) is 46.0 Å². The molecule has 1 N–H and O–H groups in total. The molecule has 1 aliphatic rings. The van der Waals surface area contributed by atoms with Crippen molar-refractivity contribution in [2.24, 2.45) is 5.92 Å². The SMILES string of the molecule is CC.CC.CC1CC[C@@H](NC(=O)OC(C)(C)C)C1. The molecule has 3 heteroatoms. The van der Waals surface area contributed by atoms with Crippen LogP contribution in [0.4, 0.5) is 4.79 Å². The van der Waals surface area contributed by atoms with E-state index in [2.05, 4.69) is 12.2 Å². The lowest BCUT2D eigenvalue weighted by Crippen LogP contribution is -2.37. The van der Waals surface area contributed by atoms with Gasteiger partial charge in [-0.25, -0.2) is 4.79 Å². The molecule has 0 bridgehead atoms. The second kappa shape index (κ2) is 10.2. The van der Waals surface area contributed by atoms with Crippen molar-refractivity contribution in [2.75, 3.05) is 0 Å². The summed E-state index contributed by atoms with van der Waals surface area (Å²) in [4.78, 5) is 11.4. The van der Waals surface area contributed by atoms with Gasteiger partial charge in [-0.1, -0.05) is 34.6 Å². The molecule has 0 aromatic heterocycles. The summed E-state index contributed by atoms with van der Waals surface area (Å²) >= 11 is 0. The summed E-state index contributed by atoms with van der Waals surface area (Å²) in [5.74, 6) is 0.731. The van der Waals surface area contributed by atoms with E-state index in [4.69, 9.17) is 4.74 Å². The zero-order valence-corrected chi connectivity index (χ0v) is 13.6. The van der Waals surface area contributed by atoms with Crippen molar-refractivity contribution in [1.29, 1.82) is 0 Å². The lowest BCUT2D eigenvalue weighted by molar-refractivity contribution is 0.0505. The van der Waals surface area contributed by atoms with Crippen LogP contribution in [0.3, 0.4) is 0 Å². The molecule has 1 amide bonds. The number of carbonyl (C=O) groups excluding carboxylic acids is 1. The van der Waals surface area contributed by atoms with Crippen molar-refractivity contribution < 1.29 is 9.53 Å². The maximum absolute atomic E-state index is 11.4. The molecule has 0 heterocycles. The normalized spacial score (nSPS) is 22.0. The first kappa shape index (κ1) is 19.6. The Morgan fingerprint density at radius 1 is 1.11 bits per heavy atom. The van der Waals surface area contributed by atoms with Gasteiger partial charge in [0.05, 0.1) is 0 Å². The molecule has 1 rings (SSSR count). The number of ether oxygens (including phenoxy) is 1. The number of hydrogen-bond donors (Lipinski definition) is 1. The Bertz CT molecular complexity index is 209. The first-order chi connectivity index (χ1) is 8.37. The molecule has 1 saturated carbocycles. The van der Waals surface area contributed by atoms with Crippen molar-refractivity contribution in [3.05, 3.63) is 0 Å². The highest BCUT2D eigenvalue weighted by molar-refractivity contribution is 5.68. The lowest BCUT2D eigenvalue weighted by Gasteiger charge is -2.21. The Labute approximate surface area is 114 Å². The van der Waals surface area contributed by atoms with Gasteiger partial charge in [0.1, 0.15) is 5.60 Å². The van der Waals surface area contributed by atoms with E-state index in [0.29, 0.717) is 6.04 Å². The minimum Gasteiger partial charge on any atom is -0.444 e. The summed E-state index contributed by atoms with van der Waals surface area (Å²) in [5, 5.41) is 2.90. The largest absolute Gasteiger partial charge is 0.444 e. The summed E-state index contributed by atoms with van der Waals surface area (Å²) < 4.78 is 5.18. The zero-order valence-electron chi connectivity index (χ0n) is 13.6. The fraction of sp³-hybridized carbons (Fsp3) is 0.933. The van der Waals surface area contributed by atoms with Crippen LogP contribution in [-0.4, -0.2) is 17.7 Å². The van der Waals surface area contributed by atoms with E-state index in [1.807, 2.05) is 48.5 Å². The fourth-order valence-electron chi connectivity index (χ4n) is 1.81. The highest BCUT2D eigenvalue weighted by Gasteiger charge is 2.24.